The molecule has 0 bridgehead atoms. The molecule has 20 heavy (non-hydrogen) atoms. The molecule has 0 radical (unpaired) electrons. The predicted octanol–water partition coefficient (Wildman–Crippen LogP) is 3.46. The van der Waals surface area contributed by atoms with E-state index < -0.39 is 18.6 Å². The molecule has 0 aliphatic rings. The fourth-order valence-electron chi connectivity index (χ4n) is 1.53. The molecular weight excluding hydrogens is 339 g/mol. The maximum absolute atomic E-state index is 12.2. The van der Waals surface area contributed by atoms with Crippen molar-refractivity contribution in [3.8, 4) is 0 Å². The summed E-state index contributed by atoms with van der Waals surface area (Å²) in [6.45, 7) is -1.19. The molecule has 2 rings (SSSR count). The second-order valence-corrected chi connectivity index (χ2v) is 4.92. The molecule has 106 valence electrons. The third-order valence-electron chi connectivity index (χ3n) is 2.32. The summed E-state index contributed by atoms with van der Waals surface area (Å²) in [7, 11) is 0. The van der Waals surface area contributed by atoms with Crippen molar-refractivity contribution in [2.75, 3.05) is 5.32 Å². The Bertz CT molecular complexity index is 624. The minimum absolute atomic E-state index is 0.208. The molecule has 0 saturated heterocycles. The first kappa shape index (κ1) is 14.6. The van der Waals surface area contributed by atoms with E-state index in [-0.39, 0.29) is 5.69 Å². The van der Waals surface area contributed by atoms with Crippen molar-refractivity contribution in [3.05, 3.63) is 46.7 Å². The monoisotopic (exact) mass is 347 g/mol. The molecule has 0 spiro atoms. The van der Waals surface area contributed by atoms with Gasteiger partial charge in [-0.15, -0.1) is 0 Å². The van der Waals surface area contributed by atoms with Gasteiger partial charge in [-0.05, 0) is 18.2 Å². The minimum atomic E-state index is -4.35. The lowest BCUT2D eigenvalue weighted by Crippen LogP contribution is -2.18. The summed E-state index contributed by atoms with van der Waals surface area (Å²) in [6.07, 6.45) is -2.05. The molecule has 0 fully saturated rings. The number of nitrogens with one attached hydrogen (secondary N) is 1. The number of carbonyl (C=O) groups excluding carboxylic acids is 1. The number of carbonyl (C=O) groups is 1. The van der Waals surface area contributed by atoms with Crippen LogP contribution in [-0.2, 0) is 6.54 Å². The molecule has 1 amide bonds. The second kappa shape index (κ2) is 5.66. The standard InChI is InChI=1S/C12H9BrF3N3O/c13-9-3-1-2-8(4-9)11(20)18-10-5-17-19(6-10)7-12(14,15)16/h1-6H,7H2,(H,18,20). The fourth-order valence-corrected chi connectivity index (χ4v) is 1.93. The molecule has 0 atom stereocenters. The van der Waals surface area contributed by atoms with Gasteiger partial charge in [0.25, 0.3) is 5.91 Å². The van der Waals surface area contributed by atoms with Crippen molar-refractivity contribution < 1.29 is 18.0 Å². The zero-order valence-electron chi connectivity index (χ0n) is 9.99. The number of hydrogen-bond donors (Lipinski definition) is 1. The summed E-state index contributed by atoms with van der Waals surface area (Å²) in [5.74, 6) is -0.419. The van der Waals surface area contributed by atoms with Crippen molar-refractivity contribution in [1.29, 1.82) is 0 Å². The maximum atomic E-state index is 12.2. The molecule has 0 aliphatic carbocycles. The van der Waals surface area contributed by atoms with Gasteiger partial charge >= 0.3 is 6.18 Å². The number of hydrogen-bond acceptors (Lipinski definition) is 2. The van der Waals surface area contributed by atoms with Gasteiger partial charge in [-0.2, -0.15) is 18.3 Å². The fraction of sp³-hybridized carbons (Fsp3) is 0.167. The third-order valence-corrected chi connectivity index (χ3v) is 2.81. The van der Waals surface area contributed by atoms with E-state index in [1.165, 1.54) is 6.20 Å². The normalized spacial score (nSPS) is 11.4. The van der Waals surface area contributed by atoms with Crippen LogP contribution in [0.15, 0.2) is 41.1 Å². The quantitative estimate of drug-likeness (QED) is 0.924. The van der Waals surface area contributed by atoms with Gasteiger partial charge in [0.1, 0.15) is 6.54 Å². The second-order valence-electron chi connectivity index (χ2n) is 4.01. The Morgan fingerprint density at radius 2 is 2.15 bits per heavy atom. The van der Waals surface area contributed by atoms with E-state index in [0.717, 1.165) is 15.4 Å². The molecule has 1 N–H and O–H groups in total. The molecule has 2 aromatic rings. The molecule has 0 saturated carbocycles. The summed E-state index contributed by atoms with van der Waals surface area (Å²) < 4.78 is 38.0. The van der Waals surface area contributed by atoms with Crippen LogP contribution in [0.2, 0.25) is 0 Å². The number of amides is 1. The molecular formula is C12H9BrF3N3O. The SMILES string of the molecule is O=C(Nc1cnn(CC(F)(F)F)c1)c1cccc(Br)c1. The summed E-state index contributed by atoms with van der Waals surface area (Å²) >= 11 is 3.23. The lowest BCUT2D eigenvalue weighted by atomic mass is 10.2. The number of nitrogens with zero attached hydrogens (tertiary/aromatic N) is 2. The Morgan fingerprint density at radius 1 is 1.40 bits per heavy atom. The highest BCUT2D eigenvalue weighted by atomic mass is 79.9. The topological polar surface area (TPSA) is 46.9 Å². The van der Waals surface area contributed by atoms with Crippen LogP contribution in [0.4, 0.5) is 18.9 Å². The van der Waals surface area contributed by atoms with E-state index in [0.29, 0.717) is 5.56 Å². The molecule has 0 aliphatic heterocycles. The van der Waals surface area contributed by atoms with Crippen molar-refractivity contribution in [1.82, 2.24) is 9.78 Å². The Morgan fingerprint density at radius 3 is 2.80 bits per heavy atom. The highest BCUT2D eigenvalue weighted by Gasteiger charge is 2.28. The van der Waals surface area contributed by atoms with Crippen LogP contribution in [0, 0.1) is 0 Å². The third kappa shape index (κ3) is 4.09. The van der Waals surface area contributed by atoms with Crippen molar-refractivity contribution >= 4 is 27.5 Å². The Labute approximate surface area is 120 Å². The lowest BCUT2D eigenvalue weighted by molar-refractivity contribution is -0.142. The van der Waals surface area contributed by atoms with Gasteiger partial charge in [-0.1, -0.05) is 22.0 Å². The average Bonchev–Trinajstić information content (AvgIpc) is 2.74. The Kier molecular flexibility index (Phi) is 4.12. The molecule has 0 unspecified atom stereocenters. The highest BCUT2D eigenvalue weighted by molar-refractivity contribution is 9.10. The first-order valence-corrected chi connectivity index (χ1v) is 6.29. The van der Waals surface area contributed by atoms with Gasteiger partial charge < -0.3 is 5.32 Å². The van der Waals surface area contributed by atoms with Crippen LogP contribution < -0.4 is 5.32 Å². The van der Waals surface area contributed by atoms with Gasteiger partial charge in [0.15, 0.2) is 0 Å². The molecule has 4 nitrogen and oxygen atoms in total. The summed E-state index contributed by atoms with van der Waals surface area (Å²) in [5, 5.41) is 6.02. The van der Waals surface area contributed by atoms with E-state index in [2.05, 4.69) is 26.3 Å². The molecule has 1 heterocycles. The number of benzene rings is 1. The van der Waals surface area contributed by atoms with E-state index in [1.54, 1.807) is 24.3 Å². The summed E-state index contributed by atoms with van der Waals surface area (Å²) in [5.41, 5.74) is 0.599. The molecule has 1 aromatic heterocycles. The number of halogens is 4. The highest BCUT2D eigenvalue weighted by Crippen LogP contribution is 2.18. The van der Waals surface area contributed by atoms with E-state index in [9.17, 15) is 18.0 Å². The molecule has 1 aromatic carbocycles. The van der Waals surface area contributed by atoms with Crippen LogP contribution in [0.1, 0.15) is 10.4 Å². The zero-order chi connectivity index (χ0) is 14.8. The first-order valence-electron chi connectivity index (χ1n) is 5.49. The minimum Gasteiger partial charge on any atom is -0.319 e. The number of anilines is 1. The van der Waals surface area contributed by atoms with Crippen molar-refractivity contribution in [2.45, 2.75) is 12.7 Å². The first-order chi connectivity index (χ1) is 9.33. The van der Waals surface area contributed by atoms with Crippen LogP contribution >= 0.6 is 15.9 Å². The van der Waals surface area contributed by atoms with E-state index in [1.807, 2.05) is 0 Å². The van der Waals surface area contributed by atoms with E-state index in [4.69, 9.17) is 0 Å². The largest absolute Gasteiger partial charge is 0.408 e. The van der Waals surface area contributed by atoms with Crippen molar-refractivity contribution in [2.24, 2.45) is 0 Å². The van der Waals surface area contributed by atoms with Gasteiger partial charge in [0.2, 0.25) is 0 Å². The summed E-state index contributed by atoms with van der Waals surface area (Å²) in [4.78, 5) is 11.9. The average molecular weight is 348 g/mol. The molecule has 8 heteroatoms. The number of aromatic nitrogens is 2. The summed E-state index contributed by atoms with van der Waals surface area (Å²) in [6, 6.07) is 6.65. The van der Waals surface area contributed by atoms with Crippen LogP contribution in [-0.4, -0.2) is 21.9 Å². The smallest absolute Gasteiger partial charge is 0.319 e. The van der Waals surface area contributed by atoms with Crippen LogP contribution in [0.3, 0.4) is 0 Å². The Hall–Kier alpha value is -1.83. The van der Waals surface area contributed by atoms with Crippen LogP contribution in [0.5, 0.6) is 0 Å². The number of rotatable bonds is 3. The Balaban J connectivity index is 2.05. The predicted molar refractivity (Wildman–Crippen MR) is 70.4 cm³/mol. The van der Waals surface area contributed by atoms with Gasteiger partial charge in [0, 0.05) is 16.2 Å². The maximum Gasteiger partial charge on any atom is 0.408 e. The van der Waals surface area contributed by atoms with Gasteiger partial charge in [-0.3, -0.25) is 9.48 Å². The zero-order valence-corrected chi connectivity index (χ0v) is 11.6. The van der Waals surface area contributed by atoms with E-state index >= 15 is 0 Å². The van der Waals surface area contributed by atoms with Crippen LogP contribution in [0.25, 0.3) is 0 Å². The van der Waals surface area contributed by atoms with Crippen molar-refractivity contribution in [3.63, 3.8) is 0 Å². The number of alkyl halides is 3. The van der Waals surface area contributed by atoms with Gasteiger partial charge in [0.05, 0.1) is 11.9 Å². The lowest BCUT2D eigenvalue weighted by Gasteiger charge is -2.05. The van der Waals surface area contributed by atoms with Gasteiger partial charge in [-0.25, -0.2) is 0 Å².